The first-order valence-corrected chi connectivity index (χ1v) is 14.0. The Morgan fingerprint density at radius 1 is 1.23 bits per heavy atom. The quantitative estimate of drug-likeness (QED) is 0.321. The summed E-state index contributed by atoms with van der Waals surface area (Å²) in [6, 6.07) is 3.88. The molecule has 2 N–H and O–H groups in total. The molecule has 1 aliphatic heterocycles. The van der Waals surface area contributed by atoms with Crippen molar-refractivity contribution < 1.29 is 36.6 Å². The van der Waals surface area contributed by atoms with Gasteiger partial charge in [-0.3, -0.25) is 19.3 Å². The molecule has 4 unspecified atom stereocenters. The number of anilines is 1. The number of nitrogens with one attached hydrogen (secondary N) is 2. The van der Waals surface area contributed by atoms with Gasteiger partial charge in [-0.15, -0.1) is 18.3 Å². The number of nitrogens with zero attached hydrogens (tertiary/aromatic N) is 6. The highest BCUT2D eigenvalue weighted by molar-refractivity contribution is 5.91. The molecule has 2 amide bonds. The van der Waals surface area contributed by atoms with E-state index in [-0.39, 0.29) is 43.6 Å². The zero-order chi connectivity index (χ0) is 31.9. The fourth-order valence-corrected chi connectivity index (χ4v) is 4.70. The van der Waals surface area contributed by atoms with Gasteiger partial charge in [0, 0.05) is 25.4 Å². The van der Waals surface area contributed by atoms with E-state index in [1.54, 1.807) is 14.0 Å². The van der Waals surface area contributed by atoms with Gasteiger partial charge in [-0.2, -0.15) is 5.11 Å². The van der Waals surface area contributed by atoms with E-state index >= 15 is 0 Å². The predicted octanol–water partition coefficient (Wildman–Crippen LogP) is 4.14. The summed E-state index contributed by atoms with van der Waals surface area (Å²) in [5, 5.41) is 22.6. The molecule has 44 heavy (non-hydrogen) atoms. The molecule has 4 atom stereocenters. The number of alkyl halides is 4. The Hall–Kier alpha value is -4.50. The van der Waals surface area contributed by atoms with Crippen LogP contribution in [0.3, 0.4) is 0 Å². The van der Waals surface area contributed by atoms with Crippen molar-refractivity contribution in [2.75, 3.05) is 25.5 Å². The van der Waals surface area contributed by atoms with Crippen LogP contribution in [0, 0.1) is 5.92 Å². The summed E-state index contributed by atoms with van der Waals surface area (Å²) >= 11 is 0. The summed E-state index contributed by atoms with van der Waals surface area (Å²) in [6.07, 6.45) is -0.119. The van der Waals surface area contributed by atoms with Crippen LogP contribution < -0.4 is 15.4 Å². The molecule has 0 saturated carbocycles. The highest BCUT2D eigenvalue weighted by Crippen LogP contribution is 2.25. The van der Waals surface area contributed by atoms with Gasteiger partial charge in [0.1, 0.15) is 11.9 Å². The highest BCUT2D eigenvalue weighted by atomic mass is 19.4. The number of hydrogen-bond acceptors (Lipinski definition) is 9. The molecule has 1 aliphatic carbocycles. The second-order valence-electron chi connectivity index (χ2n) is 10.6. The van der Waals surface area contributed by atoms with Gasteiger partial charge in [0.2, 0.25) is 11.8 Å². The van der Waals surface area contributed by atoms with Crippen LogP contribution in [0.2, 0.25) is 0 Å². The van der Waals surface area contributed by atoms with Gasteiger partial charge in [0.25, 0.3) is 0 Å². The largest absolute Gasteiger partial charge is 0.573 e. The van der Waals surface area contributed by atoms with Gasteiger partial charge in [0.15, 0.2) is 11.9 Å². The molecule has 1 aromatic heterocycles. The predicted molar refractivity (Wildman–Crippen MR) is 150 cm³/mol. The second kappa shape index (κ2) is 14.3. The third kappa shape index (κ3) is 9.25. The Morgan fingerprint density at radius 2 is 2.02 bits per heavy atom. The van der Waals surface area contributed by atoms with Gasteiger partial charge >= 0.3 is 6.36 Å². The minimum atomic E-state index is -4.84. The number of ether oxygens (including phenoxy) is 2. The topological polar surface area (TPSA) is 135 Å². The standard InChI is InChI=1S/C28H34F4N8O4/c1-17-7-8-20(12-23(17)43-3)14-33-27(42)26-18(2)40(38-36-26)15-21(29)9-10-39-16-24(35-37-39)34-25(41)13-19-5-4-6-22(11-19)44-28(30,31)32/h4-6,8,11-12,16-18,21,26H,7,9-10,13-15H2,1-3H3,(H,33,42)(H,34,41). The number of benzene rings is 1. The Kier molecular flexibility index (Phi) is 10.5. The maximum Gasteiger partial charge on any atom is 0.573 e. The number of carbonyl (C=O) groups is 2. The molecular weight excluding hydrogens is 588 g/mol. The SMILES string of the molecule is COC1=CC(CNC(=O)C2N=NN(CC(F)CCn3cc(NC(=O)Cc4cccc(OC(F)(F)F)c4)nn3)C2C)=CCC1C. The molecule has 0 radical (unpaired) electrons. The fourth-order valence-electron chi connectivity index (χ4n) is 4.70. The van der Waals surface area contributed by atoms with E-state index in [0.29, 0.717) is 12.1 Å². The van der Waals surface area contributed by atoms with Crippen LogP contribution in [0.1, 0.15) is 32.3 Å². The Labute approximate surface area is 251 Å². The van der Waals surface area contributed by atoms with E-state index in [1.165, 1.54) is 28.0 Å². The smallest absolute Gasteiger partial charge is 0.501 e. The molecule has 0 fully saturated rings. The minimum Gasteiger partial charge on any atom is -0.501 e. The zero-order valence-corrected chi connectivity index (χ0v) is 24.4. The van der Waals surface area contributed by atoms with E-state index < -0.39 is 36.3 Å². The Balaban J connectivity index is 1.18. The third-order valence-corrected chi connectivity index (χ3v) is 7.10. The molecule has 238 valence electrons. The maximum absolute atomic E-state index is 14.8. The van der Waals surface area contributed by atoms with Crippen molar-refractivity contribution in [2.45, 2.75) is 64.3 Å². The lowest BCUT2D eigenvalue weighted by Gasteiger charge is -2.23. The average Bonchev–Trinajstić information content (AvgIpc) is 3.56. The number of aromatic nitrogens is 3. The molecule has 0 spiro atoms. The van der Waals surface area contributed by atoms with Crippen LogP contribution in [0.15, 0.2) is 64.3 Å². The second-order valence-corrected chi connectivity index (χ2v) is 10.6. The number of aryl methyl sites for hydroxylation is 1. The van der Waals surface area contributed by atoms with Crippen molar-refractivity contribution in [1.82, 2.24) is 25.3 Å². The van der Waals surface area contributed by atoms with Gasteiger partial charge in [-0.25, -0.2) is 4.39 Å². The third-order valence-electron chi connectivity index (χ3n) is 7.10. The number of carbonyl (C=O) groups excluding carboxylic acids is 2. The number of methoxy groups -OCH3 is 1. The highest BCUT2D eigenvalue weighted by Gasteiger charge is 2.35. The fraction of sp³-hybridized carbons (Fsp3) is 0.500. The van der Waals surface area contributed by atoms with Crippen LogP contribution in [-0.4, -0.2) is 76.6 Å². The molecule has 0 saturated heterocycles. The Morgan fingerprint density at radius 3 is 2.77 bits per heavy atom. The summed E-state index contributed by atoms with van der Waals surface area (Å²) in [6.45, 7) is 4.22. The molecule has 12 nitrogen and oxygen atoms in total. The van der Waals surface area contributed by atoms with Gasteiger partial charge in [-0.05, 0) is 42.7 Å². The lowest BCUT2D eigenvalue weighted by Crippen LogP contribution is -2.44. The summed E-state index contributed by atoms with van der Waals surface area (Å²) in [4.78, 5) is 25.1. The molecule has 1 aromatic carbocycles. The number of amides is 2. The van der Waals surface area contributed by atoms with Crippen molar-refractivity contribution in [3.8, 4) is 5.75 Å². The summed E-state index contributed by atoms with van der Waals surface area (Å²) < 4.78 is 62.8. The zero-order valence-electron chi connectivity index (χ0n) is 24.4. The first kappa shape index (κ1) is 32.4. The number of rotatable bonds is 13. The van der Waals surface area contributed by atoms with E-state index in [1.807, 2.05) is 6.08 Å². The van der Waals surface area contributed by atoms with Crippen LogP contribution in [0.25, 0.3) is 0 Å². The lowest BCUT2D eigenvalue weighted by molar-refractivity contribution is -0.274. The van der Waals surface area contributed by atoms with Crippen molar-refractivity contribution in [3.63, 3.8) is 0 Å². The Bertz CT molecular complexity index is 1410. The van der Waals surface area contributed by atoms with Gasteiger partial charge in [0.05, 0.1) is 38.1 Å². The van der Waals surface area contributed by atoms with Crippen LogP contribution in [0.5, 0.6) is 5.75 Å². The first-order valence-electron chi connectivity index (χ1n) is 14.0. The monoisotopic (exact) mass is 622 g/mol. The number of hydrogen-bond donors (Lipinski definition) is 2. The van der Waals surface area contributed by atoms with E-state index in [4.69, 9.17) is 4.74 Å². The van der Waals surface area contributed by atoms with Crippen molar-refractivity contribution in [2.24, 2.45) is 16.3 Å². The normalized spacial score (nSPS) is 20.5. The number of halogens is 4. The molecule has 16 heteroatoms. The molecule has 2 aromatic rings. The summed E-state index contributed by atoms with van der Waals surface area (Å²) in [5.74, 6) is -0.00706. The van der Waals surface area contributed by atoms with Crippen molar-refractivity contribution in [3.05, 3.63) is 59.5 Å². The van der Waals surface area contributed by atoms with E-state index in [2.05, 4.69) is 49.0 Å². The molecule has 2 heterocycles. The van der Waals surface area contributed by atoms with E-state index in [9.17, 15) is 27.2 Å². The van der Waals surface area contributed by atoms with Crippen LogP contribution in [0.4, 0.5) is 23.4 Å². The molecule has 4 rings (SSSR count). The number of allylic oxidation sites excluding steroid dienone is 2. The summed E-state index contributed by atoms with van der Waals surface area (Å²) in [5.41, 5.74) is 1.25. The van der Waals surface area contributed by atoms with Gasteiger partial charge in [-0.1, -0.05) is 35.6 Å². The van der Waals surface area contributed by atoms with Crippen LogP contribution in [-0.2, 0) is 27.3 Å². The average molecular weight is 623 g/mol. The molecular formula is C28H34F4N8O4. The van der Waals surface area contributed by atoms with Gasteiger partial charge < -0.3 is 20.1 Å². The maximum atomic E-state index is 14.8. The summed E-state index contributed by atoms with van der Waals surface area (Å²) in [7, 11) is 1.62. The lowest BCUT2D eigenvalue weighted by atomic mass is 9.96. The van der Waals surface area contributed by atoms with E-state index in [0.717, 1.165) is 29.9 Å². The molecule has 0 bridgehead atoms. The first-order chi connectivity index (χ1) is 20.9. The van der Waals surface area contributed by atoms with Crippen molar-refractivity contribution >= 4 is 17.6 Å². The van der Waals surface area contributed by atoms with Crippen LogP contribution >= 0.6 is 0 Å². The van der Waals surface area contributed by atoms with Crippen molar-refractivity contribution in [1.29, 1.82) is 0 Å². The molecule has 2 aliphatic rings. The minimum absolute atomic E-state index is 0.0547.